The fraction of sp³-hybridized carbons (Fsp3) is 0.350. The number of halogens is 1. The van der Waals surface area contributed by atoms with Gasteiger partial charge < -0.3 is 15.4 Å². The number of methoxy groups -OCH3 is 1. The summed E-state index contributed by atoms with van der Waals surface area (Å²) in [6.07, 6.45) is 1.71. The summed E-state index contributed by atoms with van der Waals surface area (Å²) < 4.78 is 5.51. The molecular formula is C20H23ClN2O2. The van der Waals surface area contributed by atoms with Gasteiger partial charge in [0, 0.05) is 16.5 Å². The lowest BCUT2D eigenvalue weighted by atomic mass is 9.93. The molecule has 0 bridgehead atoms. The molecule has 2 N–H and O–H groups in total. The van der Waals surface area contributed by atoms with Gasteiger partial charge in [0.2, 0.25) is 5.91 Å². The van der Waals surface area contributed by atoms with Crippen molar-refractivity contribution in [1.82, 2.24) is 10.6 Å². The Kier molecular flexibility index (Phi) is 5.95. The van der Waals surface area contributed by atoms with Gasteiger partial charge in [-0.3, -0.25) is 4.79 Å². The molecule has 1 atom stereocenters. The smallest absolute Gasteiger partial charge is 0.223 e. The molecule has 1 fully saturated rings. The highest BCUT2D eigenvalue weighted by molar-refractivity contribution is 6.31. The van der Waals surface area contributed by atoms with E-state index in [0.717, 1.165) is 42.8 Å². The maximum atomic E-state index is 12.8. The highest BCUT2D eigenvalue weighted by Crippen LogP contribution is 2.34. The van der Waals surface area contributed by atoms with Crippen LogP contribution in [0.15, 0.2) is 48.5 Å². The van der Waals surface area contributed by atoms with Crippen molar-refractivity contribution in [2.75, 3.05) is 20.2 Å². The molecule has 1 heterocycles. The van der Waals surface area contributed by atoms with E-state index in [9.17, 15) is 4.79 Å². The Morgan fingerprint density at radius 3 is 2.44 bits per heavy atom. The molecule has 0 aromatic heterocycles. The van der Waals surface area contributed by atoms with Crippen LogP contribution in [0.1, 0.15) is 30.0 Å². The SMILES string of the molecule is COc1ccccc1C(NC(=O)C1CCNCC1)c1ccccc1Cl. The van der Waals surface area contributed by atoms with Gasteiger partial charge in [0.1, 0.15) is 5.75 Å². The molecule has 0 saturated carbocycles. The maximum Gasteiger partial charge on any atom is 0.223 e. The van der Waals surface area contributed by atoms with E-state index in [1.165, 1.54) is 0 Å². The minimum atomic E-state index is -0.341. The summed E-state index contributed by atoms with van der Waals surface area (Å²) in [6.45, 7) is 1.76. The Labute approximate surface area is 153 Å². The summed E-state index contributed by atoms with van der Waals surface area (Å²) >= 11 is 6.43. The molecular weight excluding hydrogens is 336 g/mol. The molecule has 1 aliphatic rings. The molecule has 3 rings (SSSR count). The summed E-state index contributed by atoms with van der Waals surface area (Å²) in [7, 11) is 1.64. The minimum absolute atomic E-state index is 0.0287. The first-order valence-corrected chi connectivity index (χ1v) is 8.97. The van der Waals surface area contributed by atoms with Gasteiger partial charge in [0.25, 0.3) is 0 Å². The van der Waals surface area contributed by atoms with Crippen LogP contribution in [0.3, 0.4) is 0 Å². The number of ether oxygens (including phenoxy) is 1. The molecule has 132 valence electrons. The number of hydrogen-bond donors (Lipinski definition) is 2. The van der Waals surface area contributed by atoms with Crippen LogP contribution in [0.5, 0.6) is 5.75 Å². The number of piperidine rings is 1. The van der Waals surface area contributed by atoms with Crippen molar-refractivity contribution in [1.29, 1.82) is 0 Å². The number of carbonyl (C=O) groups excluding carboxylic acids is 1. The fourth-order valence-corrected chi connectivity index (χ4v) is 3.53. The van der Waals surface area contributed by atoms with Crippen molar-refractivity contribution in [3.05, 3.63) is 64.7 Å². The van der Waals surface area contributed by atoms with E-state index >= 15 is 0 Å². The molecule has 2 aromatic rings. The standard InChI is InChI=1S/C20H23ClN2O2/c1-25-18-9-5-3-7-16(18)19(15-6-2-4-8-17(15)21)23-20(24)14-10-12-22-13-11-14/h2-9,14,19,22H,10-13H2,1H3,(H,23,24). The molecule has 0 radical (unpaired) electrons. The summed E-state index contributed by atoms with van der Waals surface area (Å²) in [5.74, 6) is 0.830. The summed E-state index contributed by atoms with van der Waals surface area (Å²) in [5.41, 5.74) is 1.77. The van der Waals surface area contributed by atoms with Gasteiger partial charge in [-0.25, -0.2) is 0 Å². The first-order chi connectivity index (χ1) is 12.2. The highest BCUT2D eigenvalue weighted by Gasteiger charge is 2.27. The molecule has 1 unspecified atom stereocenters. The molecule has 1 saturated heterocycles. The number of nitrogens with one attached hydrogen (secondary N) is 2. The molecule has 4 nitrogen and oxygen atoms in total. The van der Waals surface area contributed by atoms with Crippen molar-refractivity contribution >= 4 is 17.5 Å². The second kappa shape index (κ2) is 8.37. The highest BCUT2D eigenvalue weighted by atomic mass is 35.5. The van der Waals surface area contributed by atoms with E-state index in [2.05, 4.69) is 10.6 Å². The topological polar surface area (TPSA) is 50.4 Å². The quantitative estimate of drug-likeness (QED) is 0.859. The Morgan fingerprint density at radius 1 is 1.12 bits per heavy atom. The third kappa shape index (κ3) is 4.14. The molecule has 2 aromatic carbocycles. The van der Waals surface area contributed by atoms with Gasteiger partial charge in [0.05, 0.1) is 13.2 Å². The Balaban J connectivity index is 1.94. The van der Waals surface area contributed by atoms with Crippen molar-refractivity contribution in [3.63, 3.8) is 0 Å². The van der Waals surface area contributed by atoms with Crippen molar-refractivity contribution in [2.24, 2.45) is 5.92 Å². The van der Waals surface area contributed by atoms with Crippen LogP contribution in [0.2, 0.25) is 5.02 Å². The summed E-state index contributed by atoms with van der Waals surface area (Å²) in [5, 5.41) is 7.12. The van der Waals surface area contributed by atoms with Gasteiger partial charge in [0.15, 0.2) is 0 Å². The first-order valence-electron chi connectivity index (χ1n) is 8.59. The second-order valence-corrected chi connectivity index (χ2v) is 6.64. The Hall–Kier alpha value is -2.04. The number of rotatable bonds is 5. The average Bonchev–Trinajstić information content (AvgIpc) is 2.67. The molecule has 0 aliphatic carbocycles. The Bertz CT molecular complexity index is 729. The number of para-hydroxylation sites is 1. The number of carbonyl (C=O) groups is 1. The van der Waals surface area contributed by atoms with Crippen molar-refractivity contribution in [2.45, 2.75) is 18.9 Å². The van der Waals surface area contributed by atoms with Crippen LogP contribution in [0, 0.1) is 5.92 Å². The maximum absolute atomic E-state index is 12.8. The lowest BCUT2D eigenvalue weighted by molar-refractivity contribution is -0.126. The molecule has 25 heavy (non-hydrogen) atoms. The molecule has 1 aliphatic heterocycles. The van der Waals surface area contributed by atoms with E-state index in [1.54, 1.807) is 7.11 Å². The summed E-state index contributed by atoms with van der Waals surface area (Å²) in [6, 6.07) is 15.0. The fourth-order valence-electron chi connectivity index (χ4n) is 3.28. The van der Waals surface area contributed by atoms with Crippen LogP contribution >= 0.6 is 11.6 Å². The van der Waals surface area contributed by atoms with Crippen LogP contribution in [-0.2, 0) is 4.79 Å². The van der Waals surface area contributed by atoms with Gasteiger partial charge in [-0.1, -0.05) is 48.0 Å². The van der Waals surface area contributed by atoms with E-state index in [0.29, 0.717) is 5.02 Å². The summed E-state index contributed by atoms with van der Waals surface area (Å²) in [4.78, 5) is 12.8. The van der Waals surface area contributed by atoms with Crippen molar-refractivity contribution < 1.29 is 9.53 Å². The first kappa shape index (κ1) is 17.8. The molecule has 5 heteroatoms. The van der Waals surface area contributed by atoms with E-state index in [4.69, 9.17) is 16.3 Å². The number of benzene rings is 2. The van der Waals surface area contributed by atoms with Crippen LogP contribution in [0.4, 0.5) is 0 Å². The lowest BCUT2D eigenvalue weighted by Crippen LogP contribution is -2.40. The predicted octanol–water partition coefficient (Wildman–Crippen LogP) is 3.55. The average molecular weight is 359 g/mol. The second-order valence-electron chi connectivity index (χ2n) is 6.23. The van der Waals surface area contributed by atoms with Gasteiger partial charge >= 0.3 is 0 Å². The zero-order valence-electron chi connectivity index (χ0n) is 14.3. The van der Waals surface area contributed by atoms with Crippen LogP contribution in [-0.4, -0.2) is 26.1 Å². The van der Waals surface area contributed by atoms with Gasteiger partial charge in [-0.15, -0.1) is 0 Å². The van der Waals surface area contributed by atoms with Gasteiger partial charge in [-0.05, 0) is 43.6 Å². The lowest BCUT2D eigenvalue weighted by Gasteiger charge is -2.27. The normalized spacial score (nSPS) is 16.2. The third-order valence-electron chi connectivity index (χ3n) is 4.66. The zero-order valence-corrected chi connectivity index (χ0v) is 15.1. The minimum Gasteiger partial charge on any atom is -0.496 e. The van der Waals surface area contributed by atoms with Gasteiger partial charge in [-0.2, -0.15) is 0 Å². The van der Waals surface area contributed by atoms with E-state index in [1.807, 2.05) is 48.5 Å². The Morgan fingerprint density at radius 2 is 1.76 bits per heavy atom. The van der Waals surface area contributed by atoms with Crippen LogP contribution in [0.25, 0.3) is 0 Å². The largest absolute Gasteiger partial charge is 0.496 e. The monoisotopic (exact) mass is 358 g/mol. The van der Waals surface area contributed by atoms with E-state index in [-0.39, 0.29) is 17.9 Å². The number of hydrogen-bond acceptors (Lipinski definition) is 3. The zero-order chi connectivity index (χ0) is 17.6. The van der Waals surface area contributed by atoms with Crippen LogP contribution < -0.4 is 15.4 Å². The van der Waals surface area contributed by atoms with Crippen molar-refractivity contribution in [3.8, 4) is 5.75 Å². The number of amides is 1. The predicted molar refractivity (Wildman–Crippen MR) is 100 cm³/mol. The van der Waals surface area contributed by atoms with E-state index < -0.39 is 0 Å². The molecule has 0 spiro atoms. The third-order valence-corrected chi connectivity index (χ3v) is 5.01. The molecule has 1 amide bonds.